The lowest BCUT2D eigenvalue weighted by Crippen LogP contribution is -2.09. The van der Waals surface area contributed by atoms with Crippen LogP contribution in [0.3, 0.4) is 0 Å². The maximum Gasteiger partial charge on any atom is 0.339 e. The zero-order chi connectivity index (χ0) is 17.6. The minimum Gasteiger partial charge on any atom is -0.472 e. The van der Waals surface area contributed by atoms with Gasteiger partial charge in [-0.15, -0.1) is 0 Å². The number of hydrogen-bond acceptors (Lipinski definition) is 6. The second kappa shape index (κ2) is 4.65. The van der Waals surface area contributed by atoms with Gasteiger partial charge in [0.05, 0.1) is 24.0 Å². The molecule has 26 heavy (non-hydrogen) atoms. The molecule has 4 heterocycles. The SMILES string of the molecule is Cc1c2c(cc3c1[C@@H]1O[C@@H]1C=C1C(=O)OC[C@H]13)C(=O)O[C@@H]2c1ccoc1. The fourth-order valence-corrected chi connectivity index (χ4v) is 4.51. The van der Waals surface area contributed by atoms with Gasteiger partial charge in [-0.3, -0.25) is 0 Å². The first-order valence-electron chi connectivity index (χ1n) is 8.58. The summed E-state index contributed by atoms with van der Waals surface area (Å²) in [5.74, 6) is -0.807. The second-order valence-electron chi connectivity index (χ2n) is 7.10. The lowest BCUT2D eigenvalue weighted by molar-refractivity contribution is -0.135. The molecule has 0 saturated carbocycles. The van der Waals surface area contributed by atoms with E-state index in [1.54, 1.807) is 18.6 Å². The molecule has 3 aliphatic heterocycles. The van der Waals surface area contributed by atoms with E-state index in [0.29, 0.717) is 17.7 Å². The van der Waals surface area contributed by atoms with Gasteiger partial charge in [0.15, 0.2) is 6.10 Å². The molecule has 1 aromatic heterocycles. The number of carbonyl (C=O) groups excluding carboxylic acids is 2. The van der Waals surface area contributed by atoms with Gasteiger partial charge in [0.25, 0.3) is 0 Å². The van der Waals surface area contributed by atoms with Crippen LogP contribution in [0.25, 0.3) is 0 Å². The Morgan fingerprint density at radius 3 is 2.85 bits per heavy atom. The van der Waals surface area contributed by atoms with Crippen molar-refractivity contribution in [2.75, 3.05) is 6.61 Å². The molecule has 4 atom stereocenters. The van der Waals surface area contributed by atoms with E-state index in [2.05, 4.69) is 0 Å². The van der Waals surface area contributed by atoms with Crippen molar-refractivity contribution in [1.29, 1.82) is 0 Å². The van der Waals surface area contributed by atoms with Crippen molar-refractivity contribution >= 4 is 11.9 Å². The van der Waals surface area contributed by atoms with E-state index < -0.39 is 6.10 Å². The Hall–Kier alpha value is -2.86. The van der Waals surface area contributed by atoms with Gasteiger partial charge < -0.3 is 18.6 Å². The second-order valence-corrected chi connectivity index (χ2v) is 7.10. The van der Waals surface area contributed by atoms with Gasteiger partial charge in [0, 0.05) is 16.7 Å². The van der Waals surface area contributed by atoms with Gasteiger partial charge in [0.1, 0.15) is 18.8 Å². The van der Waals surface area contributed by atoms with Gasteiger partial charge in [0.2, 0.25) is 0 Å². The molecule has 6 heteroatoms. The van der Waals surface area contributed by atoms with Crippen LogP contribution in [0, 0.1) is 6.92 Å². The molecule has 0 radical (unpaired) electrons. The molecule has 130 valence electrons. The predicted octanol–water partition coefficient (Wildman–Crippen LogP) is 2.87. The fraction of sp³-hybridized carbons (Fsp3) is 0.300. The Morgan fingerprint density at radius 1 is 1.15 bits per heavy atom. The number of fused-ring (bicyclic) bond motifs is 6. The number of cyclic esters (lactones) is 2. The zero-order valence-electron chi connectivity index (χ0n) is 13.9. The highest BCUT2D eigenvalue weighted by Gasteiger charge is 2.50. The van der Waals surface area contributed by atoms with Crippen molar-refractivity contribution in [2.45, 2.75) is 31.2 Å². The van der Waals surface area contributed by atoms with Crippen LogP contribution in [0.2, 0.25) is 0 Å². The van der Waals surface area contributed by atoms with Crippen molar-refractivity contribution in [3.8, 4) is 0 Å². The number of esters is 2. The molecule has 0 unspecified atom stereocenters. The molecule has 6 nitrogen and oxygen atoms in total. The number of ether oxygens (including phenoxy) is 3. The van der Waals surface area contributed by atoms with Gasteiger partial charge in [-0.05, 0) is 41.8 Å². The predicted molar refractivity (Wildman–Crippen MR) is 86.5 cm³/mol. The Bertz CT molecular complexity index is 1020. The Kier molecular flexibility index (Phi) is 2.56. The lowest BCUT2D eigenvalue weighted by Gasteiger charge is -2.19. The molecule has 0 bridgehead atoms. The normalized spacial score (nSPS) is 30.4. The summed E-state index contributed by atoms with van der Waals surface area (Å²) in [6.07, 6.45) is 4.37. The van der Waals surface area contributed by atoms with E-state index in [-0.39, 0.29) is 30.1 Å². The Labute approximate surface area is 148 Å². The number of benzene rings is 1. The fourth-order valence-electron chi connectivity index (χ4n) is 4.51. The number of furan rings is 1. The summed E-state index contributed by atoms with van der Waals surface area (Å²) in [4.78, 5) is 24.6. The molecule has 0 spiro atoms. The third-order valence-corrected chi connectivity index (χ3v) is 5.78. The van der Waals surface area contributed by atoms with Crippen molar-refractivity contribution in [1.82, 2.24) is 0 Å². The summed E-state index contributed by atoms with van der Waals surface area (Å²) in [5.41, 5.74) is 5.82. The number of carbonyl (C=O) groups is 2. The summed E-state index contributed by atoms with van der Waals surface area (Å²) in [6.45, 7) is 2.30. The number of hydrogen-bond donors (Lipinski definition) is 0. The van der Waals surface area contributed by atoms with Gasteiger partial charge in [-0.1, -0.05) is 0 Å². The Morgan fingerprint density at radius 2 is 2.04 bits per heavy atom. The van der Waals surface area contributed by atoms with Crippen LogP contribution in [0.15, 0.2) is 40.7 Å². The van der Waals surface area contributed by atoms with Gasteiger partial charge >= 0.3 is 11.9 Å². The summed E-state index contributed by atoms with van der Waals surface area (Å²) in [7, 11) is 0. The zero-order valence-corrected chi connectivity index (χ0v) is 13.9. The first-order valence-corrected chi connectivity index (χ1v) is 8.58. The quantitative estimate of drug-likeness (QED) is 0.581. The third-order valence-electron chi connectivity index (χ3n) is 5.78. The molecule has 2 saturated heterocycles. The monoisotopic (exact) mass is 350 g/mol. The average molecular weight is 350 g/mol. The highest BCUT2D eigenvalue weighted by Crippen LogP contribution is 2.53. The first-order chi connectivity index (χ1) is 12.6. The van der Waals surface area contributed by atoms with Crippen LogP contribution in [-0.2, 0) is 19.0 Å². The average Bonchev–Trinajstić information content (AvgIpc) is 2.95. The number of rotatable bonds is 1. The maximum absolute atomic E-state index is 12.5. The highest BCUT2D eigenvalue weighted by molar-refractivity contribution is 5.97. The smallest absolute Gasteiger partial charge is 0.339 e. The third kappa shape index (κ3) is 1.69. The summed E-state index contributed by atoms with van der Waals surface area (Å²) in [5, 5.41) is 0. The van der Waals surface area contributed by atoms with Gasteiger partial charge in [-0.2, -0.15) is 0 Å². The molecule has 2 fully saturated rings. The van der Waals surface area contributed by atoms with Crippen LogP contribution in [-0.4, -0.2) is 24.6 Å². The van der Waals surface area contributed by atoms with E-state index in [1.165, 1.54) is 0 Å². The van der Waals surface area contributed by atoms with Crippen molar-refractivity contribution in [2.24, 2.45) is 0 Å². The molecule has 1 aliphatic carbocycles. The van der Waals surface area contributed by atoms with Crippen molar-refractivity contribution in [3.63, 3.8) is 0 Å². The summed E-state index contributed by atoms with van der Waals surface area (Å²) in [6, 6.07) is 3.67. The molecule has 4 aliphatic rings. The van der Waals surface area contributed by atoms with Crippen molar-refractivity contribution < 1.29 is 28.2 Å². The molecule has 0 amide bonds. The maximum atomic E-state index is 12.5. The molecule has 0 N–H and O–H groups in total. The van der Waals surface area contributed by atoms with Crippen LogP contribution in [0.1, 0.15) is 56.3 Å². The van der Waals surface area contributed by atoms with Gasteiger partial charge in [-0.25, -0.2) is 9.59 Å². The van der Waals surface area contributed by atoms with E-state index in [1.807, 2.05) is 19.1 Å². The van der Waals surface area contributed by atoms with E-state index in [9.17, 15) is 9.59 Å². The largest absolute Gasteiger partial charge is 0.472 e. The Balaban J connectivity index is 1.59. The molecule has 1 aromatic carbocycles. The van der Waals surface area contributed by atoms with E-state index in [0.717, 1.165) is 27.8 Å². The van der Waals surface area contributed by atoms with Crippen LogP contribution in [0.4, 0.5) is 0 Å². The molecule has 2 aromatic rings. The van der Waals surface area contributed by atoms with E-state index in [4.69, 9.17) is 18.6 Å². The minimum absolute atomic E-state index is 0.0816. The van der Waals surface area contributed by atoms with Crippen LogP contribution in [0.5, 0.6) is 0 Å². The minimum atomic E-state index is -0.476. The lowest BCUT2D eigenvalue weighted by atomic mass is 9.83. The highest BCUT2D eigenvalue weighted by atomic mass is 16.6. The number of epoxide rings is 1. The van der Waals surface area contributed by atoms with Crippen LogP contribution >= 0.6 is 0 Å². The first kappa shape index (κ1) is 14.3. The van der Waals surface area contributed by atoms with E-state index >= 15 is 0 Å². The topological polar surface area (TPSA) is 78.3 Å². The molecule has 6 rings (SSSR count). The molecular weight excluding hydrogens is 336 g/mol. The van der Waals surface area contributed by atoms with Crippen LogP contribution < -0.4 is 0 Å². The summed E-state index contributed by atoms with van der Waals surface area (Å²) >= 11 is 0. The molecular formula is C20H14O6. The van der Waals surface area contributed by atoms with Crippen molar-refractivity contribution in [3.05, 3.63) is 69.7 Å². The summed E-state index contributed by atoms with van der Waals surface area (Å²) < 4.78 is 21.9. The standard InChI is InChI=1S/C20H14O6/c1-8-15-10(13-7-24-19(21)11(13)5-14-18(15)25-14)4-12-16(8)17(26-20(12)22)9-2-3-23-6-9/h2-6,13-14,17-18H,7H2,1H3/t13-,14+,17+,18+/m0/s1.